The maximum absolute atomic E-state index is 5.43. The van der Waals surface area contributed by atoms with Crippen molar-refractivity contribution < 1.29 is 0 Å². The summed E-state index contributed by atoms with van der Waals surface area (Å²) in [5.74, 6) is 0. The van der Waals surface area contributed by atoms with Crippen LogP contribution in [-0.4, -0.2) is 9.55 Å². The number of nitrogens with one attached hydrogen (secondary N) is 1. The van der Waals surface area contributed by atoms with Gasteiger partial charge in [-0.15, -0.1) is 0 Å². The molecule has 0 saturated carbocycles. The molecule has 0 bridgehead atoms. The predicted molar refractivity (Wildman–Crippen MR) is 85.9 cm³/mol. The summed E-state index contributed by atoms with van der Waals surface area (Å²) in [4.78, 5) is 3.26. The fourth-order valence-corrected chi connectivity index (χ4v) is 2.94. The van der Waals surface area contributed by atoms with E-state index in [9.17, 15) is 0 Å². The van der Waals surface area contributed by atoms with Crippen LogP contribution in [0, 0.1) is 15.3 Å². The molecule has 1 N–H and O–H groups in total. The number of fused-ring (bicyclic) bond motifs is 1. The van der Waals surface area contributed by atoms with E-state index in [0.717, 1.165) is 21.5 Å². The lowest BCUT2D eigenvalue weighted by Crippen LogP contribution is -1.94. The van der Waals surface area contributed by atoms with Crippen molar-refractivity contribution in [2.45, 2.75) is 6.92 Å². The summed E-state index contributed by atoms with van der Waals surface area (Å²) in [7, 11) is 0. The molecule has 2 nitrogen and oxygen atoms in total. The van der Waals surface area contributed by atoms with Gasteiger partial charge in [-0.25, -0.2) is 0 Å². The fourth-order valence-electron chi connectivity index (χ4n) is 2.10. The van der Waals surface area contributed by atoms with Crippen molar-refractivity contribution in [1.29, 1.82) is 0 Å². The predicted octanol–water partition coefficient (Wildman–Crippen LogP) is 4.60. The van der Waals surface area contributed by atoms with Crippen LogP contribution >= 0.6 is 34.8 Å². The Kier molecular flexibility index (Phi) is 2.99. The molecule has 3 rings (SSSR count). The Morgan fingerprint density at radius 2 is 2.00 bits per heavy atom. The molecule has 1 heterocycles. The van der Waals surface area contributed by atoms with Crippen LogP contribution in [0.15, 0.2) is 42.5 Å². The van der Waals surface area contributed by atoms with Crippen molar-refractivity contribution in [1.82, 2.24) is 9.55 Å². The van der Waals surface area contributed by atoms with E-state index in [1.165, 1.54) is 9.13 Å². The molecule has 0 radical (unpaired) electrons. The molecule has 0 amide bonds. The zero-order chi connectivity index (χ0) is 12.7. The Morgan fingerprint density at radius 3 is 2.78 bits per heavy atom. The Morgan fingerprint density at radius 1 is 1.17 bits per heavy atom. The number of halogens is 1. The first-order valence-electron chi connectivity index (χ1n) is 5.62. The Bertz CT molecular complexity index is 786. The minimum absolute atomic E-state index is 0.734. The minimum atomic E-state index is 0.734. The van der Waals surface area contributed by atoms with Crippen molar-refractivity contribution in [3.05, 3.63) is 56.4 Å². The molecule has 0 aliphatic carbocycles. The lowest BCUT2D eigenvalue weighted by molar-refractivity contribution is 1.06. The molecule has 2 aromatic carbocycles. The Labute approximate surface area is 124 Å². The van der Waals surface area contributed by atoms with Crippen LogP contribution in [0.4, 0.5) is 0 Å². The second-order valence-electron chi connectivity index (χ2n) is 4.27. The van der Waals surface area contributed by atoms with E-state index < -0.39 is 0 Å². The molecule has 90 valence electrons. The Hall–Kier alpha value is -1.14. The normalized spacial score (nSPS) is 11.0. The summed E-state index contributed by atoms with van der Waals surface area (Å²) in [6.07, 6.45) is 0. The van der Waals surface area contributed by atoms with Crippen molar-refractivity contribution in [3.63, 3.8) is 0 Å². The molecule has 0 aliphatic heterocycles. The lowest BCUT2D eigenvalue weighted by atomic mass is 10.2. The SMILES string of the molecule is Cc1ccc2c(c1)[nH]c(=S)n2-c1cccc(I)c1. The van der Waals surface area contributed by atoms with Crippen LogP contribution in [0.5, 0.6) is 0 Å². The molecule has 3 aromatic rings. The van der Waals surface area contributed by atoms with Gasteiger partial charge >= 0.3 is 0 Å². The monoisotopic (exact) mass is 366 g/mol. The van der Waals surface area contributed by atoms with Crippen molar-refractivity contribution in [2.75, 3.05) is 0 Å². The Balaban J connectivity index is 2.35. The highest BCUT2D eigenvalue weighted by atomic mass is 127. The topological polar surface area (TPSA) is 20.7 Å². The summed E-state index contributed by atoms with van der Waals surface area (Å²) in [5.41, 5.74) is 4.53. The first-order valence-corrected chi connectivity index (χ1v) is 7.11. The second kappa shape index (κ2) is 4.51. The third kappa shape index (κ3) is 1.99. The number of hydrogen-bond donors (Lipinski definition) is 1. The van der Waals surface area contributed by atoms with Gasteiger partial charge in [0, 0.05) is 9.26 Å². The maximum Gasteiger partial charge on any atom is 0.182 e. The van der Waals surface area contributed by atoms with Crippen molar-refractivity contribution >= 4 is 45.8 Å². The molecule has 4 heteroatoms. The average molecular weight is 366 g/mol. The summed E-state index contributed by atoms with van der Waals surface area (Å²) in [6.45, 7) is 2.08. The summed E-state index contributed by atoms with van der Waals surface area (Å²) in [6, 6.07) is 14.7. The number of hydrogen-bond acceptors (Lipinski definition) is 1. The summed E-state index contributed by atoms with van der Waals surface area (Å²) in [5, 5.41) is 0. The van der Waals surface area contributed by atoms with Gasteiger partial charge in [0.1, 0.15) is 0 Å². The minimum Gasteiger partial charge on any atom is -0.330 e. The first-order chi connectivity index (χ1) is 8.65. The van der Waals surface area contributed by atoms with Gasteiger partial charge in [-0.3, -0.25) is 4.57 Å². The smallest absolute Gasteiger partial charge is 0.182 e. The summed E-state index contributed by atoms with van der Waals surface area (Å²) >= 11 is 7.74. The van der Waals surface area contributed by atoms with Crippen molar-refractivity contribution in [2.24, 2.45) is 0 Å². The second-order valence-corrected chi connectivity index (χ2v) is 5.90. The van der Waals surface area contributed by atoms with E-state index in [4.69, 9.17) is 12.2 Å². The molecule has 0 fully saturated rings. The van der Waals surface area contributed by atoms with Gasteiger partial charge < -0.3 is 4.98 Å². The van der Waals surface area contributed by atoms with E-state index in [-0.39, 0.29) is 0 Å². The van der Waals surface area contributed by atoms with Gasteiger partial charge in [0.15, 0.2) is 4.77 Å². The van der Waals surface area contributed by atoms with Gasteiger partial charge in [-0.05, 0) is 77.6 Å². The molecular formula is C14H11IN2S. The van der Waals surface area contributed by atoms with E-state index in [2.05, 4.69) is 75.5 Å². The van der Waals surface area contributed by atoms with E-state index >= 15 is 0 Å². The van der Waals surface area contributed by atoms with Crippen LogP contribution in [0.25, 0.3) is 16.7 Å². The van der Waals surface area contributed by atoms with Gasteiger partial charge in [0.05, 0.1) is 11.0 Å². The van der Waals surface area contributed by atoms with Gasteiger partial charge in [-0.2, -0.15) is 0 Å². The standard InChI is InChI=1S/C14H11IN2S/c1-9-5-6-13-12(7-9)16-14(18)17(13)11-4-2-3-10(15)8-11/h2-8H,1H3,(H,16,18). The number of aromatic amines is 1. The molecular weight excluding hydrogens is 355 g/mol. The largest absolute Gasteiger partial charge is 0.330 e. The maximum atomic E-state index is 5.43. The lowest BCUT2D eigenvalue weighted by Gasteiger charge is -2.05. The number of aryl methyl sites for hydroxylation is 1. The average Bonchev–Trinajstić information content (AvgIpc) is 2.64. The highest BCUT2D eigenvalue weighted by molar-refractivity contribution is 14.1. The zero-order valence-electron chi connectivity index (χ0n) is 9.77. The highest BCUT2D eigenvalue weighted by Crippen LogP contribution is 2.21. The number of nitrogens with zero attached hydrogens (tertiary/aromatic N) is 1. The number of imidazole rings is 1. The fraction of sp³-hybridized carbons (Fsp3) is 0.0714. The molecule has 1 aromatic heterocycles. The van der Waals surface area contributed by atoms with Crippen LogP contribution in [-0.2, 0) is 0 Å². The van der Waals surface area contributed by atoms with Crippen LogP contribution in [0.3, 0.4) is 0 Å². The third-order valence-electron chi connectivity index (χ3n) is 2.90. The molecule has 0 saturated heterocycles. The quantitative estimate of drug-likeness (QED) is 0.493. The van der Waals surface area contributed by atoms with Gasteiger partial charge in [0.2, 0.25) is 0 Å². The molecule has 18 heavy (non-hydrogen) atoms. The number of aromatic nitrogens is 2. The van der Waals surface area contributed by atoms with Crippen LogP contribution < -0.4 is 0 Å². The number of H-pyrrole nitrogens is 1. The van der Waals surface area contributed by atoms with Gasteiger partial charge in [-0.1, -0.05) is 12.1 Å². The van der Waals surface area contributed by atoms with E-state index in [1.807, 2.05) is 6.07 Å². The molecule has 0 unspecified atom stereocenters. The van der Waals surface area contributed by atoms with Crippen LogP contribution in [0.2, 0.25) is 0 Å². The van der Waals surface area contributed by atoms with E-state index in [0.29, 0.717) is 0 Å². The van der Waals surface area contributed by atoms with Gasteiger partial charge in [0.25, 0.3) is 0 Å². The molecule has 0 aliphatic rings. The highest BCUT2D eigenvalue weighted by Gasteiger charge is 2.06. The van der Waals surface area contributed by atoms with Crippen molar-refractivity contribution in [3.8, 4) is 5.69 Å². The first kappa shape index (κ1) is 11.9. The summed E-state index contributed by atoms with van der Waals surface area (Å²) < 4.78 is 4.01. The van der Waals surface area contributed by atoms with E-state index in [1.54, 1.807) is 0 Å². The third-order valence-corrected chi connectivity index (χ3v) is 3.86. The zero-order valence-corrected chi connectivity index (χ0v) is 12.7. The number of rotatable bonds is 1. The van der Waals surface area contributed by atoms with Crippen LogP contribution in [0.1, 0.15) is 5.56 Å². The molecule has 0 atom stereocenters. The molecule has 0 spiro atoms. The number of benzene rings is 2.